The van der Waals surface area contributed by atoms with E-state index in [1.807, 2.05) is 13.8 Å². The predicted molar refractivity (Wildman–Crippen MR) is 84.1 cm³/mol. The van der Waals surface area contributed by atoms with Gasteiger partial charge in [-0.1, -0.05) is 13.8 Å². The number of halogens is 1. The second kappa shape index (κ2) is 7.73. The van der Waals surface area contributed by atoms with Crippen molar-refractivity contribution in [1.29, 1.82) is 0 Å². The third kappa shape index (κ3) is 5.15. The summed E-state index contributed by atoms with van der Waals surface area (Å²) in [5, 5.41) is 3.27. The van der Waals surface area contributed by atoms with E-state index in [-0.39, 0.29) is 6.04 Å². The first-order valence-corrected chi connectivity index (χ1v) is 9.51. The minimum Gasteiger partial charge on any atom is -0.312 e. The molecule has 0 saturated heterocycles. The molecule has 1 heterocycles. The van der Waals surface area contributed by atoms with Gasteiger partial charge in [-0.15, -0.1) is 11.3 Å². The van der Waals surface area contributed by atoms with Crippen molar-refractivity contribution in [2.45, 2.75) is 51.1 Å². The lowest BCUT2D eigenvalue weighted by Gasteiger charge is -2.11. The highest BCUT2D eigenvalue weighted by Gasteiger charge is 2.22. The Morgan fingerprint density at radius 3 is 2.68 bits per heavy atom. The Kier molecular flexibility index (Phi) is 6.96. The van der Waals surface area contributed by atoms with E-state index in [0.717, 1.165) is 24.3 Å². The topological polar surface area (TPSA) is 58.2 Å². The Morgan fingerprint density at radius 1 is 1.42 bits per heavy atom. The maximum Gasteiger partial charge on any atom is 0.242 e. The van der Waals surface area contributed by atoms with E-state index < -0.39 is 10.0 Å². The molecule has 0 aliphatic heterocycles. The fourth-order valence-electron chi connectivity index (χ4n) is 1.47. The van der Waals surface area contributed by atoms with Gasteiger partial charge in [0.05, 0.1) is 3.79 Å². The largest absolute Gasteiger partial charge is 0.312 e. The zero-order chi connectivity index (χ0) is 14.5. The standard InChI is InChI=1S/C12H21BrN2O2S2/c1-4-6-14-8-10-7-11(12(13)18-10)19(16,17)15-9(3)5-2/h7,9,14-15H,4-6,8H2,1-3H3. The first-order valence-electron chi connectivity index (χ1n) is 6.42. The third-order valence-corrected chi connectivity index (χ3v) is 6.53. The van der Waals surface area contributed by atoms with Crippen LogP contribution < -0.4 is 10.0 Å². The molecular weight excluding hydrogens is 348 g/mol. The molecule has 7 heteroatoms. The van der Waals surface area contributed by atoms with E-state index in [2.05, 4.69) is 32.9 Å². The highest BCUT2D eigenvalue weighted by molar-refractivity contribution is 9.11. The zero-order valence-electron chi connectivity index (χ0n) is 11.5. The maximum atomic E-state index is 12.2. The lowest BCUT2D eigenvalue weighted by atomic mass is 10.3. The number of nitrogens with one attached hydrogen (secondary N) is 2. The summed E-state index contributed by atoms with van der Waals surface area (Å²) in [6, 6.07) is 1.68. The summed E-state index contributed by atoms with van der Waals surface area (Å²) >= 11 is 4.81. The van der Waals surface area contributed by atoms with Crippen LogP contribution in [0, 0.1) is 0 Å². The summed E-state index contributed by atoms with van der Waals surface area (Å²) in [5.41, 5.74) is 0. The minimum absolute atomic E-state index is 0.0570. The average molecular weight is 369 g/mol. The van der Waals surface area contributed by atoms with Crippen LogP contribution in [0.25, 0.3) is 0 Å². The Labute approximate surface area is 128 Å². The van der Waals surface area contributed by atoms with Crippen molar-refractivity contribution in [3.05, 3.63) is 14.7 Å². The molecule has 1 aromatic heterocycles. The number of thiophene rings is 1. The molecule has 1 atom stereocenters. The van der Waals surface area contributed by atoms with E-state index in [4.69, 9.17) is 0 Å². The SMILES string of the molecule is CCCNCc1cc(S(=O)(=O)NC(C)CC)c(Br)s1. The van der Waals surface area contributed by atoms with Gasteiger partial charge in [0.1, 0.15) is 4.90 Å². The summed E-state index contributed by atoms with van der Waals surface area (Å²) in [4.78, 5) is 1.36. The van der Waals surface area contributed by atoms with Crippen LogP contribution in [-0.4, -0.2) is 21.0 Å². The van der Waals surface area contributed by atoms with Gasteiger partial charge in [0.15, 0.2) is 0 Å². The van der Waals surface area contributed by atoms with Crippen molar-refractivity contribution in [3.8, 4) is 0 Å². The number of sulfonamides is 1. The van der Waals surface area contributed by atoms with Gasteiger partial charge in [-0.25, -0.2) is 13.1 Å². The fourth-order valence-corrected chi connectivity index (χ4v) is 5.45. The molecule has 0 aliphatic rings. The maximum absolute atomic E-state index is 12.2. The third-order valence-electron chi connectivity index (χ3n) is 2.69. The highest BCUT2D eigenvalue weighted by atomic mass is 79.9. The molecule has 0 aliphatic carbocycles. The fraction of sp³-hybridized carbons (Fsp3) is 0.667. The molecule has 1 unspecified atom stereocenters. The molecule has 110 valence electrons. The lowest BCUT2D eigenvalue weighted by Crippen LogP contribution is -2.31. The lowest BCUT2D eigenvalue weighted by molar-refractivity contribution is 0.555. The number of hydrogen-bond donors (Lipinski definition) is 2. The summed E-state index contributed by atoms with van der Waals surface area (Å²) in [6.45, 7) is 7.56. The quantitative estimate of drug-likeness (QED) is 0.693. The molecule has 0 spiro atoms. The molecule has 0 bridgehead atoms. The molecule has 0 radical (unpaired) electrons. The number of rotatable bonds is 8. The molecular formula is C12H21BrN2O2S2. The normalized spacial score (nSPS) is 13.7. The van der Waals surface area contributed by atoms with E-state index in [0.29, 0.717) is 15.2 Å². The van der Waals surface area contributed by atoms with Crippen molar-refractivity contribution in [2.24, 2.45) is 0 Å². The van der Waals surface area contributed by atoms with E-state index in [1.54, 1.807) is 6.07 Å². The molecule has 0 aromatic carbocycles. The van der Waals surface area contributed by atoms with Gasteiger partial charge in [0.2, 0.25) is 10.0 Å². The smallest absolute Gasteiger partial charge is 0.242 e. The van der Waals surface area contributed by atoms with Crippen LogP contribution in [0.2, 0.25) is 0 Å². The van der Waals surface area contributed by atoms with Crippen LogP contribution in [0.1, 0.15) is 38.5 Å². The first-order chi connectivity index (χ1) is 8.90. The Morgan fingerprint density at radius 2 is 2.11 bits per heavy atom. The van der Waals surface area contributed by atoms with E-state index >= 15 is 0 Å². The van der Waals surface area contributed by atoms with Gasteiger partial charge in [0.25, 0.3) is 0 Å². The van der Waals surface area contributed by atoms with Gasteiger partial charge in [0, 0.05) is 17.5 Å². The van der Waals surface area contributed by atoms with Crippen LogP contribution >= 0.6 is 27.3 Å². The van der Waals surface area contributed by atoms with Crippen LogP contribution in [-0.2, 0) is 16.6 Å². The Hall–Kier alpha value is 0.0500. The van der Waals surface area contributed by atoms with Gasteiger partial charge in [-0.05, 0) is 48.3 Å². The molecule has 4 nitrogen and oxygen atoms in total. The molecule has 0 fully saturated rings. The molecule has 0 saturated carbocycles. The number of hydrogen-bond acceptors (Lipinski definition) is 4. The van der Waals surface area contributed by atoms with Crippen LogP contribution in [0.15, 0.2) is 14.7 Å². The van der Waals surface area contributed by atoms with Gasteiger partial charge >= 0.3 is 0 Å². The van der Waals surface area contributed by atoms with E-state index in [9.17, 15) is 8.42 Å². The van der Waals surface area contributed by atoms with Crippen molar-refractivity contribution >= 4 is 37.3 Å². The van der Waals surface area contributed by atoms with Crippen LogP contribution in [0.4, 0.5) is 0 Å². The van der Waals surface area contributed by atoms with Crippen molar-refractivity contribution in [2.75, 3.05) is 6.54 Å². The van der Waals surface area contributed by atoms with Gasteiger partial charge in [-0.3, -0.25) is 0 Å². The predicted octanol–water partition coefficient (Wildman–Crippen LogP) is 3.09. The second-order valence-electron chi connectivity index (χ2n) is 4.46. The average Bonchev–Trinajstić information content (AvgIpc) is 2.71. The summed E-state index contributed by atoms with van der Waals surface area (Å²) in [5.74, 6) is 0. The summed E-state index contributed by atoms with van der Waals surface area (Å²) in [6.07, 6.45) is 1.83. The van der Waals surface area contributed by atoms with Crippen molar-refractivity contribution < 1.29 is 8.42 Å². The Bertz CT molecular complexity index is 500. The molecule has 2 N–H and O–H groups in total. The Balaban J connectivity index is 2.83. The summed E-state index contributed by atoms with van der Waals surface area (Å²) < 4.78 is 27.8. The first kappa shape index (κ1) is 17.1. The molecule has 19 heavy (non-hydrogen) atoms. The summed E-state index contributed by atoms with van der Waals surface area (Å²) in [7, 11) is -3.43. The molecule has 1 aromatic rings. The second-order valence-corrected chi connectivity index (χ2v) is 8.60. The van der Waals surface area contributed by atoms with Crippen LogP contribution in [0.5, 0.6) is 0 Å². The van der Waals surface area contributed by atoms with Crippen molar-refractivity contribution in [3.63, 3.8) is 0 Å². The highest BCUT2D eigenvalue weighted by Crippen LogP contribution is 2.31. The minimum atomic E-state index is -3.43. The van der Waals surface area contributed by atoms with Crippen molar-refractivity contribution in [1.82, 2.24) is 10.0 Å². The van der Waals surface area contributed by atoms with E-state index in [1.165, 1.54) is 11.3 Å². The van der Waals surface area contributed by atoms with Gasteiger partial charge in [-0.2, -0.15) is 0 Å². The molecule has 0 amide bonds. The monoisotopic (exact) mass is 368 g/mol. The van der Waals surface area contributed by atoms with Crippen LogP contribution in [0.3, 0.4) is 0 Å². The molecule has 1 rings (SSSR count). The van der Waals surface area contributed by atoms with Gasteiger partial charge < -0.3 is 5.32 Å². The zero-order valence-corrected chi connectivity index (χ0v) is 14.7.